The Morgan fingerprint density at radius 2 is 2.05 bits per heavy atom. The first-order valence-electron chi connectivity index (χ1n) is 7.65. The summed E-state index contributed by atoms with van der Waals surface area (Å²) >= 11 is 4.93. The molecule has 21 heavy (non-hydrogen) atoms. The van der Waals surface area contributed by atoms with E-state index in [9.17, 15) is 4.79 Å². The summed E-state index contributed by atoms with van der Waals surface area (Å²) in [5, 5.41) is 4.78. The van der Waals surface area contributed by atoms with Crippen molar-refractivity contribution < 1.29 is 9.53 Å². The molecule has 0 heterocycles. The summed E-state index contributed by atoms with van der Waals surface area (Å²) in [5.74, 6) is -0.154. The molecular weight excluding hydrogens is 282 g/mol. The lowest BCUT2D eigenvalue weighted by Crippen LogP contribution is -2.31. The van der Waals surface area contributed by atoms with E-state index in [-0.39, 0.29) is 12.1 Å². The number of benzene rings is 1. The van der Waals surface area contributed by atoms with Gasteiger partial charge in [0, 0.05) is 24.9 Å². The molecule has 0 aromatic heterocycles. The standard InChI is InChI=1S/C17H25NO2S/c1-2-3-4-8-11-17(19)20-16(14-21)13-18-12-15-9-6-5-7-10-15/h5-7,9-10,14,16,18H,2-4,8,11-13H2,1H3. The van der Waals surface area contributed by atoms with Crippen molar-refractivity contribution in [3.05, 3.63) is 35.9 Å². The molecule has 0 aliphatic heterocycles. The largest absolute Gasteiger partial charge is 0.456 e. The van der Waals surface area contributed by atoms with Crippen molar-refractivity contribution in [1.29, 1.82) is 0 Å². The van der Waals surface area contributed by atoms with Crippen molar-refractivity contribution in [3.8, 4) is 0 Å². The van der Waals surface area contributed by atoms with Crippen LogP contribution in [0.4, 0.5) is 0 Å². The number of hydrogen-bond donors (Lipinski definition) is 1. The van der Waals surface area contributed by atoms with Gasteiger partial charge in [0.25, 0.3) is 0 Å². The molecule has 0 saturated carbocycles. The van der Waals surface area contributed by atoms with Gasteiger partial charge in [-0.05, 0) is 12.0 Å². The van der Waals surface area contributed by atoms with Crippen LogP contribution in [0.1, 0.15) is 44.6 Å². The number of nitrogens with one attached hydrogen (secondary N) is 1. The third-order valence-corrected chi connectivity index (χ3v) is 3.49. The van der Waals surface area contributed by atoms with E-state index in [0.29, 0.717) is 13.0 Å². The van der Waals surface area contributed by atoms with E-state index in [1.54, 1.807) is 0 Å². The van der Waals surface area contributed by atoms with Gasteiger partial charge in [0.2, 0.25) is 0 Å². The van der Waals surface area contributed by atoms with Crippen LogP contribution in [0.3, 0.4) is 0 Å². The molecule has 1 aromatic rings. The van der Waals surface area contributed by atoms with Gasteiger partial charge >= 0.3 is 5.97 Å². The lowest BCUT2D eigenvalue weighted by Gasteiger charge is -2.14. The Bertz CT molecular complexity index is 409. The van der Waals surface area contributed by atoms with E-state index in [4.69, 9.17) is 17.0 Å². The highest BCUT2D eigenvalue weighted by Gasteiger charge is 2.11. The van der Waals surface area contributed by atoms with Crippen LogP contribution in [0, 0.1) is 0 Å². The summed E-state index contributed by atoms with van der Waals surface area (Å²) in [4.78, 5) is 11.7. The molecule has 0 aliphatic rings. The Balaban J connectivity index is 2.18. The number of hydrogen-bond acceptors (Lipinski definition) is 4. The number of esters is 1. The second-order valence-electron chi connectivity index (χ2n) is 5.09. The summed E-state index contributed by atoms with van der Waals surface area (Å²) in [6, 6.07) is 10.1. The monoisotopic (exact) mass is 307 g/mol. The number of thiocarbonyl (C=S) groups is 1. The van der Waals surface area contributed by atoms with Crippen molar-refractivity contribution in [3.63, 3.8) is 0 Å². The van der Waals surface area contributed by atoms with Crippen molar-refractivity contribution in [2.24, 2.45) is 0 Å². The molecule has 116 valence electrons. The lowest BCUT2D eigenvalue weighted by atomic mass is 10.1. The maximum Gasteiger partial charge on any atom is 0.306 e. The van der Waals surface area contributed by atoms with E-state index in [1.807, 2.05) is 18.2 Å². The van der Waals surface area contributed by atoms with Gasteiger partial charge in [-0.3, -0.25) is 4.79 Å². The molecule has 0 saturated heterocycles. The Morgan fingerprint density at radius 3 is 2.71 bits per heavy atom. The molecule has 3 nitrogen and oxygen atoms in total. The van der Waals surface area contributed by atoms with Gasteiger partial charge in [0.05, 0.1) is 0 Å². The van der Waals surface area contributed by atoms with Crippen molar-refractivity contribution in [2.75, 3.05) is 6.54 Å². The molecular formula is C17H25NO2S. The van der Waals surface area contributed by atoms with Crippen LogP contribution in [0.2, 0.25) is 0 Å². The van der Waals surface area contributed by atoms with E-state index < -0.39 is 0 Å². The topological polar surface area (TPSA) is 38.3 Å². The minimum atomic E-state index is -0.331. The van der Waals surface area contributed by atoms with E-state index >= 15 is 0 Å². The molecule has 0 radical (unpaired) electrons. The zero-order valence-corrected chi connectivity index (χ0v) is 13.5. The Kier molecular flexibility index (Phi) is 9.66. The minimum Gasteiger partial charge on any atom is -0.456 e. The molecule has 0 spiro atoms. The third kappa shape index (κ3) is 8.58. The molecule has 0 bridgehead atoms. The van der Waals surface area contributed by atoms with Crippen LogP contribution in [-0.2, 0) is 16.1 Å². The minimum absolute atomic E-state index is 0.154. The lowest BCUT2D eigenvalue weighted by molar-refractivity contribution is -0.145. The third-order valence-electron chi connectivity index (χ3n) is 3.19. The van der Waals surface area contributed by atoms with Crippen molar-refractivity contribution in [1.82, 2.24) is 5.32 Å². The van der Waals surface area contributed by atoms with E-state index in [1.165, 1.54) is 23.8 Å². The summed E-state index contributed by atoms with van der Waals surface area (Å²) in [6.45, 7) is 3.45. The van der Waals surface area contributed by atoms with Gasteiger partial charge in [0.15, 0.2) is 0 Å². The predicted molar refractivity (Wildman–Crippen MR) is 90.4 cm³/mol. The Labute approximate surface area is 133 Å². The second kappa shape index (κ2) is 11.4. The average molecular weight is 307 g/mol. The molecule has 1 atom stereocenters. The first-order valence-corrected chi connectivity index (χ1v) is 8.12. The highest BCUT2D eigenvalue weighted by atomic mass is 32.1. The molecule has 0 fully saturated rings. The maximum atomic E-state index is 11.7. The molecule has 0 aliphatic carbocycles. The van der Waals surface area contributed by atoms with Crippen LogP contribution < -0.4 is 5.32 Å². The number of unbranched alkanes of at least 4 members (excludes halogenated alkanes) is 3. The molecule has 0 amide bonds. The zero-order valence-electron chi connectivity index (χ0n) is 12.7. The quantitative estimate of drug-likeness (QED) is 0.385. The SMILES string of the molecule is CCCCCCC(=O)OC(C=S)CNCc1ccccc1. The number of carbonyl (C=O) groups excluding carboxylic acids is 1. The van der Waals surface area contributed by atoms with Crippen LogP contribution in [-0.4, -0.2) is 24.0 Å². The first-order chi connectivity index (χ1) is 10.3. The van der Waals surface area contributed by atoms with Crippen LogP contribution >= 0.6 is 12.2 Å². The molecule has 1 rings (SSSR count). The van der Waals surface area contributed by atoms with Crippen LogP contribution in [0.15, 0.2) is 30.3 Å². The summed E-state index contributed by atoms with van der Waals surface area (Å²) in [6.07, 6.45) is 4.47. The van der Waals surface area contributed by atoms with E-state index in [0.717, 1.165) is 19.4 Å². The van der Waals surface area contributed by atoms with Gasteiger partial charge in [-0.25, -0.2) is 0 Å². The van der Waals surface area contributed by atoms with Crippen LogP contribution in [0.25, 0.3) is 0 Å². The fourth-order valence-electron chi connectivity index (χ4n) is 2.00. The maximum absolute atomic E-state index is 11.7. The number of carbonyl (C=O) groups is 1. The van der Waals surface area contributed by atoms with Crippen LogP contribution in [0.5, 0.6) is 0 Å². The molecule has 4 heteroatoms. The Hall–Kier alpha value is -1.26. The highest BCUT2D eigenvalue weighted by molar-refractivity contribution is 7.79. The van der Waals surface area contributed by atoms with Gasteiger partial charge in [-0.15, -0.1) is 0 Å². The predicted octanol–water partition coefficient (Wildman–Crippen LogP) is 3.66. The fraction of sp³-hybridized carbons (Fsp3) is 0.529. The van der Waals surface area contributed by atoms with Gasteiger partial charge < -0.3 is 10.1 Å². The first kappa shape index (κ1) is 17.8. The van der Waals surface area contributed by atoms with Crippen molar-refractivity contribution in [2.45, 2.75) is 51.7 Å². The van der Waals surface area contributed by atoms with Gasteiger partial charge in [-0.1, -0.05) is 68.7 Å². The highest BCUT2D eigenvalue weighted by Crippen LogP contribution is 2.05. The fourth-order valence-corrected chi connectivity index (χ4v) is 2.15. The summed E-state index contributed by atoms with van der Waals surface area (Å²) in [7, 11) is 0. The summed E-state index contributed by atoms with van der Waals surface area (Å²) in [5.41, 5.74) is 1.20. The molecule has 1 N–H and O–H groups in total. The van der Waals surface area contributed by atoms with Gasteiger partial charge in [-0.2, -0.15) is 0 Å². The average Bonchev–Trinajstić information content (AvgIpc) is 2.51. The zero-order chi connectivity index (χ0) is 15.3. The van der Waals surface area contributed by atoms with Crippen molar-refractivity contribution >= 4 is 23.6 Å². The molecule has 1 aromatic carbocycles. The van der Waals surface area contributed by atoms with E-state index in [2.05, 4.69) is 24.4 Å². The second-order valence-corrected chi connectivity index (χ2v) is 5.36. The smallest absolute Gasteiger partial charge is 0.306 e. The number of ether oxygens (including phenoxy) is 1. The molecule has 1 unspecified atom stereocenters. The normalized spacial score (nSPS) is 11.9. The summed E-state index contributed by atoms with van der Waals surface area (Å²) < 4.78 is 5.36. The van der Waals surface area contributed by atoms with Gasteiger partial charge in [0.1, 0.15) is 6.10 Å². The Morgan fingerprint density at radius 1 is 1.29 bits per heavy atom. The number of rotatable bonds is 11.